The number of nitrogens with zero attached hydrogens (tertiary/aromatic N) is 2. The molecule has 33 heavy (non-hydrogen) atoms. The molecule has 2 amide bonds. The van der Waals surface area contributed by atoms with Crippen LogP contribution in [0.5, 0.6) is 0 Å². The molecule has 0 aliphatic heterocycles. The van der Waals surface area contributed by atoms with Gasteiger partial charge in [-0.2, -0.15) is 10.2 Å². The maximum absolute atomic E-state index is 13.1. The van der Waals surface area contributed by atoms with Crippen LogP contribution >= 0.6 is 11.6 Å². The molecule has 3 N–H and O–H groups in total. The summed E-state index contributed by atoms with van der Waals surface area (Å²) < 4.78 is 0. The van der Waals surface area contributed by atoms with Crippen LogP contribution in [0.15, 0.2) is 88.8 Å². The fourth-order valence-electron chi connectivity index (χ4n) is 3.23. The van der Waals surface area contributed by atoms with Crippen molar-refractivity contribution in [2.24, 2.45) is 5.10 Å². The second-order valence-corrected chi connectivity index (χ2v) is 7.42. The lowest BCUT2D eigenvalue weighted by molar-refractivity contribution is -0.123. The van der Waals surface area contributed by atoms with Crippen LogP contribution < -0.4 is 16.3 Å². The van der Waals surface area contributed by atoms with Crippen LogP contribution in [0.2, 0.25) is 5.02 Å². The summed E-state index contributed by atoms with van der Waals surface area (Å²) in [6, 6.07) is 20.9. The molecule has 0 bridgehead atoms. The van der Waals surface area contributed by atoms with E-state index in [0.29, 0.717) is 26.9 Å². The van der Waals surface area contributed by atoms with Gasteiger partial charge in [0, 0.05) is 21.5 Å². The third kappa shape index (κ3) is 4.97. The zero-order chi connectivity index (χ0) is 23.2. The minimum absolute atomic E-state index is 0.180. The summed E-state index contributed by atoms with van der Waals surface area (Å²) in [7, 11) is 0. The Bertz CT molecular complexity index is 1400. The van der Waals surface area contributed by atoms with Gasteiger partial charge in [0.15, 0.2) is 6.04 Å². The van der Waals surface area contributed by atoms with Crippen LogP contribution in [0.25, 0.3) is 10.8 Å². The molecule has 8 nitrogen and oxygen atoms in total. The van der Waals surface area contributed by atoms with Gasteiger partial charge in [0.05, 0.1) is 11.6 Å². The number of amides is 2. The molecule has 0 aliphatic carbocycles. The average molecular weight is 460 g/mol. The molecule has 9 heteroatoms. The van der Waals surface area contributed by atoms with Crippen molar-refractivity contribution in [3.05, 3.63) is 111 Å². The van der Waals surface area contributed by atoms with E-state index in [1.165, 1.54) is 6.21 Å². The van der Waals surface area contributed by atoms with Crippen LogP contribution in [0.1, 0.15) is 27.7 Å². The lowest BCUT2D eigenvalue weighted by Gasteiger charge is -2.18. The molecule has 0 saturated carbocycles. The van der Waals surface area contributed by atoms with E-state index in [9.17, 15) is 14.4 Å². The van der Waals surface area contributed by atoms with Gasteiger partial charge in [-0.3, -0.25) is 14.4 Å². The summed E-state index contributed by atoms with van der Waals surface area (Å²) in [5, 5.41) is 14.4. The smallest absolute Gasteiger partial charge is 0.272 e. The van der Waals surface area contributed by atoms with E-state index >= 15 is 0 Å². The Morgan fingerprint density at radius 1 is 0.939 bits per heavy atom. The van der Waals surface area contributed by atoms with Gasteiger partial charge < -0.3 is 5.32 Å². The Hall–Kier alpha value is -4.30. The molecular formula is C24H18ClN5O3. The number of rotatable bonds is 6. The molecule has 0 fully saturated rings. The Balaban J connectivity index is 1.68. The summed E-state index contributed by atoms with van der Waals surface area (Å²) in [4.78, 5) is 38.1. The number of carbonyl (C=O) groups is 2. The van der Waals surface area contributed by atoms with Gasteiger partial charge in [-0.1, -0.05) is 66.2 Å². The average Bonchev–Trinajstić information content (AvgIpc) is 2.85. The molecule has 0 spiro atoms. The van der Waals surface area contributed by atoms with E-state index in [-0.39, 0.29) is 5.69 Å². The number of aromatic amines is 1. The van der Waals surface area contributed by atoms with E-state index in [1.54, 1.807) is 78.9 Å². The number of benzene rings is 3. The highest BCUT2D eigenvalue weighted by molar-refractivity contribution is 6.33. The van der Waals surface area contributed by atoms with Crippen LogP contribution in [0.3, 0.4) is 0 Å². The SMILES string of the molecule is O=C(N[C@H](C(=O)N/N=C\c1ccccc1Cl)c1n[nH]c(=O)c2ccccc12)c1ccccc1. The number of nitrogens with one attached hydrogen (secondary N) is 3. The number of hydrogen-bond acceptors (Lipinski definition) is 5. The van der Waals surface area contributed by atoms with Crippen molar-refractivity contribution in [1.82, 2.24) is 20.9 Å². The van der Waals surface area contributed by atoms with Gasteiger partial charge in [-0.25, -0.2) is 10.5 Å². The Morgan fingerprint density at radius 2 is 1.61 bits per heavy atom. The first kappa shape index (κ1) is 21.9. The first-order valence-corrected chi connectivity index (χ1v) is 10.3. The third-order valence-electron chi connectivity index (χ3n) is 4.86. The summed E-state index contributed by atoms with van der Waals surface area (Å²) >= 11 is 6.11. The van der Waals surface area contributed by atoms with Crippen molar-refractivity contribution in [3.63, 3.8) is 0 Å². The van der Waals surface area contributed by atoms with Crippen molar-refractivity contribution in [2.75, 3.05) is 0 Å². The van der Waals surface area contributed by atoms with Gasteiger partial charge in [-0.05, 0) is 24.3 Å². The van der Waals surface area contributed by atoms with Crippen molar-refractivity contribution in [2.45, 2.75) is 6.04 Å². The second kappa shape index (κ2) is 9.88. The van der Waals surface area contributed by atoms with E-state index in [0.717, 1.165) is 0 Å². The number of hydrogen-bond donors (Lipinski definition) is 3. The minimum Gasteiger partial charge on any atom is -0.335 e. The van der Waals surface area contributed by atoms with Crippen LogP contribution in [-0.4, -0.2) is 28.2 Å². The normalized spacial score (nSPS) is 11.9. The molecular weight excluding hydrogens is 442 g/mol. The number of H-pyrrole nitrogens is 1. The van der Waals surface area contributed by atoms with Crippen LogP contribution in [0, 0.1) is 0 Å². The number of aromatic nitrogens is 2. The molecule has 0 aliphatic rings. The van der Waals surface area contributed by atoms with Gasteiger partial charge in [0.2, 0.25) is 0 Å². The molecule has 164 valence electrons. The Labute approximate surface area is 193 Å². The fourth-order valence-corrected chi connectivity index (χ4v) is 3.41. The van der Waals surface area contributed by atoms with Crippen molar-refractivity contribution in [3.8, 4) is 0 Å². The van der Waals surface area contributed by atoms with Gasteiger partial charge >= 0.3 is 0 Å². The predicted octanol–water partition coefficient (Wildman–Crippen LogP) is 3.20. The maximum atomic E-state index is 13.1. The van der Waals surface area contributed by atoms with Crippen molar-refractivity contribution < 1.29 is 9.59 Å². The minimum atomic E-state index is -1.23. The molecule has 0 unspecified atom stereocenters. The van der Waals surface area contributed by atoms with Crippen LogP contribution in [-0.2, 0) is 4.79 Å². The molecule has 4 aromatic rings. The standard InChI is InChI=1S/C24H18ClN5O3/c25-19-13-7-4-10-16(19)14-26-29-24(33)21(27-22(31)15-8-2-1-3-9-15)20-17-11-5-6-12-18(17)23(32)30-28-20/h1-14,21H,(H,27,31)(H,29,33)(H,30,32)/b26-14-/t21-/m0/s1. The highest BCUT2D eigenvalue weighted by Crippen LogP contribution is 2.20. The number of halogens is 1. The summed E-state index contributed by atoms with van der Waals surface area (Å²) in [6.07, 6.45) is 1.40. The summed E-state index contributed by atoms with van der Waals surface area (Å²) in [6.45, 7) is 0. The largest absolute Gasteiger partial charge is 0.335 e. The van der Waals surface area contributed by atoms with E-state index in [4.69, 9.17) is 11.6 Å². The van der Waals surface area contributed by atoms with Gasteiger partial charge in [-0.15, -0.1) is 0 Å². The maximum Gasteiger partial charge on any atom is 0.272 e. The lowest BCUT2D eigenvalue weighted by atomic mass is 10.0. The second-order valence-electron chi connectivity index (χ2n) is 7.01. The first-order valence-electron chi connectivity index (χ1n) is 9.95. The topological polar surface area (TPSA) is 116 Å². The van der Waals surface area contributed by atoms with Gasteiger partial charge in [0.1, 0.15) is 5.69 Å². The highest BCUT2D eigenvalue weighted by atomic mass is 35.5. The predicted molar refractivity (Wildman–Crippen MR) is 126 cm³/mol. The molecule has 1 atom stereocenters. The molecule has 0 saturated heterocycles. The zero-order valence-electron chi connectivity index (χ0n) is 17.2. The number of fused-ring (bicyclic) bond motifs is 1. The zero-order valence-corrected chi connectivity index (χ0v) is 17.9. The fraction of sp³-hybridized carbons (Fsp3) is 0.0417. The van der Waals surface area contributed by atoms with Crippen molar-refractivity contribution in [1.29, 1.82) is 0 Å². The monoisotopic (exact) mass is 459 g/mol. The summed E-state index contributed by atoms with van der Waals surface area (Å²) in [5.41, 5.74) is 3.17. The lowest BCUT2D eigenvalue weighted by Crippen LogP contribution is -2.40. The summed E-state index contributed by atoms with van der Waals surface area (Å²) in [5.74, 6) is -1.13. The first-order chi connectivity index (χ1) is 16.0. The number of hydrazone groups is 1. The van der Waals surface area contributed by atoms with Crippen molar-refractivity contribution >= 4 is 40.4 Å². The Morgan fingerprint density at radius 3 is 2.36 bits per heavy atom. The van der Waals surface area contributed by atoms with E-state index in [2.05, 4.69) is 26.0 Å². The molecule has 3 aromatic carbocycles. The Kier molecular flexibility index (Phi) is 6.56. The number of carbonyl (C=O) groups excluding carboxylic acids is 2. The van der Waals surface area contributed by atoms with Gasteiger partial charge in [0.25, 0.3) is 17.4 Å². The highest BCUT2D eigenvalue weighted by Gasteiger charge is 2.27. The molecule has 0 radical (unpaired) electrons. The molecule has 1 heterocycles. The van der Waals surface area contributed by atoms with E-state index in [1.807, 2.05) is 0 Å². The molecule has 1 aromatic heterocycles. The van der Waals surface area contributed by atoms with Crippen LogP contribution in [0.4, 0.5) is 0 Å². The molecule has 4 rings (SSSR count). The third-order valence-corrected chi connectivity index (χ3v) is 5.20. The quantitative estimate of drug-likeness (QED) is 0.303. The van der Waals surface area contributed by atoms with E-state index < -0.39 is 23.4 Å².